The number of esters is 1. The Morgan fingerprint density at radius 2 is 1.75 bits per heavy atom. The van der Waals surface area contributed by atoms with E-state index in [9.17, 15) is 4.79 Å². The Balaban J connectivity index is 2.30. The molecule has 0 aliphatic rings. The Bertz CT molecular complexity index is 484. The minimum absolute atomic E-state index is 0.378. The maximum absolute atomic E-state index is 11.2. The van der Waals surface area contributed by atoms with Crippen LogP contribution in [0.15, 0.2) is 30.6 Å². The Morgan fingerprint density at radius 3 is 2.31 bits per heavy atom. The summed E-state index contributed by atoms with van der Waals surface area (Å²) in [5.74, 6) is 0.0377. The first-order valence-electron chi connectivity index (χ1n) is 4.50. The summed E-state index contributed by atoms with van der Waals surface area (Å²) >= 11 is 0. The molecule has 0 saturated heterocycles. The minimum atomic E-state index is -0.378. The molecule has 0 N–H and O–H groups in total. The monoisotopic (exact) mass is 216 g/mol. The van der Waals surface area contributed by atoms with Crippen molar-refractivity contribution in [3.8, 4) is 11.4 Å². The SMILES string of the molecule is COC(=O)c1ccc(-c2nncnn2)cc1. The fourth-order valence-electron chi connectivity index (χ4n) is 1.19. The van der Waals surface area contributed by atoms with Gasteiger partial charge in [0.15, 0.2) is 6.33 Å². The molecule has 80 valence electrons. The average Bonchev–Trinajstić information content (AvgIpc) is 2.39. The maximum atomic E-state index is 11.2. The lowest BCUT2D eigenvalue weighted by Crippen LogP contribution is -2.01. The number of carbonyl (C=O) groups excluding carboxylic acids is 1. The zero-order chi connectivity index (χ0) is 11.4. The summed E-state index contributed by atoms with van der Waals surface area (Å²) < 4.78 is 4.59. The van der Waals surface area contributed by atoms with Crippen molar-refractivity contribution >= 4 is 5.97 Å². The van der Waals surface area contributed by atoms with Crippen LogP contribution in [0, 0.1) is 0 Å². The second-order valence-electron chi connectivity index (χ2n) is 2.94. The van der Waals surface area contributed by atoms with Crippen LogP contribution in [-0.4, -0.2) is 33.5 Å². The summed E-state index contributed by atoms with van der Waals surface area (Å²) in [6.45, 7) is 0. The number of nitrogens with zero attached hydrogens (tertiary/aromatic N) is 4. The number of rotatable bonds is 2. The van der Waals surface area contributed by atoms with Crippen molar-refractivity contribution in [2.24, 2.45) is 0 Å². The van der Waals surface area contributed by atoms with E-state index in [1.165, 1.54) is 13.4 Å². The van der Waals surface area contributed by atoms with Gasteiger partial charge in [0.25, 0.3) is 0 Å². The molecule has 2 rings (SSSR count). The van der Waals surface area contributed by atoms with Gasteiger partial charge >= 0.3 is 5.97 Å². The highest BCUT2D eigenvalue weighted by Gasteiger charge is 2.06. The molecular formula is C10H8N4O2. The lowest BCUT2D eigenvalue weighted by molar-refractivity contribution is 0.0601. The van der Waals surface area contributed by atoms with Gasteiger partial charge < -0.3 is 4.74 Å². The highest BCUT2D eigenvalue weighted by molar-refractivity contribution is 5.89. The molecule has 0 spiro atoms. The molecule has 0 unspecified atom stereocenters. The van der Waals surface area contributed by atoms with Crippen LogP contribution in [0.25, 0.3) is 11.4 Å². The lowest BCUT2D eigenvalue weighted by atomic mass is 10.1. The van der Waals surface area contributed by atoms with Crippen molar-refractivity contribution in [1.82, 2.24) is 20.4 Å². The van der Waals surface area contributed by atoms with E-state index in [2.05, 4.69) is 25.1 Å². The van der Waals surface area contributed by atoms with Crippen molar-refractivity contribution in [3.05, 3.63) is 36.2 Å². The molecule has 0 amide bonds. The van der Waals surface area contributed by atoms with Gasteiger partial charge in [-0.05, 0) is 12.1 Å². The number of methoxy groups -OCH3 is 1. The topological polar surface area (TPSA) is 77.9 Å². The Labute approximate surface area is 91.3 Å². The third-order valence-corrected chi connectivity index (χ3v) is 1.97. The number of hydrogen-bond acceptors (Lipinski definition) is 6. The molecule has 1 aromatic carbocycles. The number of benzene rings is 1. The molecule has 0 aliphatic carbocycles. The van der Waals surface area contributed by atoms with Crippen LogP contribution in [0.4, 0.5) is 0 Å². The molecular weight excluding hydrogens is 208 g/mol. The summed E-state index contributed by atoms with van der Waals surface area (Å²) in [4.78, 5) is 11.2. The van der Waals surface area contributed by atoms with Crippen molar-refractivity contribution in [2.45, 2.75) is 0 Å². The van der Waals surface area contributed by atoms with Crippen LogP contribution >= 0.6 is 0 Å². The van der Waals surface area contributed by atoms with Crippen molar-refractivity contribution in [1.29, 1.82) is 0 Å². The third-order valence-electron chi connectivity index (χ3n) is 1.97. The first-order valence-corrected chi connectivity index (χ1v) is 4.50. The number of hydrogen-bond donors (Lipinski definition) is 0. The fraction of sp³-hybridized carbons (Fsp3) is 0.100. The summed E-state index contributed by atoms with van der Waals surface area (Å²) in [7, 11) is 1.34. The van der Waals surface area contributed by atoms with Gasteiger partial charge in [0.05, 0.1) is 12.7 Å². The molecule has 0 radical (unpaired) electrons. The molecule has 0 aliphatic heterocycles. The van der Waals surface area contributed by atoms with Crippen LogP contribution in [0.3, 0.4) is 0 Å². The quantitative estimate of drug-likeness (QED) is 0.688. The molecule has 1 aromatic heterocycles. The Kier molecular flexibility index (Phi) is 2.81. The largest absolute Gasteiger partial charge is 0.465 e. The van der Waals surface area contributed by atoms with Crippen LogP contribution in [0.1, 0.15) is 10.4 Å². The fourth-order valence-corrected chi connectivity index (χ4v) is 1.19. The standard InChI is InChI=1S/C10H8N4O2/c1-16-10(15)8-4-2-7(3-5-8)9-13-11-6-12-14-9/h2-6H,1H3. The Hall–Kier alpha value is -2.37. The van der Waals surface area contributed by atoms with E-state index < -0.39 is 0 Å². The lowest BCUT2D eigenvalue weighted by Gasteiger charge is -2.00. The summed E-state index contributed by atoms with van der Waals surface area (Å²) in [6.07, 6.45) is 1.26. The predicted octanol–water partition coefficient (Wildman–Crippen LogP) is 0.720. The van der Waals surface area contributed by atoms with Crippen molar-refractivity contribution in [3.63, 3.8) is 0 Å². The Morgan fingerprint density at radius 1 is 1.12 bits per heavy atom. The van der Waals surface area contributed by atoms with E-state index in [-0.39, 0.29) is 5.97 Å². The van der Waals surface area contributed by atoms with Gasteiger partial charge in [0.2, 0.25) is 5.82 Å². The number of carbonyl (C=O) groups is 1. The average molecular weight is 216 g/mol. The summed E-state index contributed by atoms with van der Waals surface area (Å²) in [5, 5.41) is 14.8. The molecule has 0 bridgehead atoms. The zero-order valence-corrected chi connectivity index (χ0v) is 8.49. The summed E-state index contributed by atoms with van der Waals surface area (Å²) in [5.41, 5.74) is 1.22. The van der Waals surface area contributed by atoms with E-state index in [1.54, 1.807) is 24.3 Å². The maximum Gasteiger partial charge on any atom is 0.337 e. The van der Waals surface area contributed by atoms with Gasteiger partial charge in [-0.3, -0.25) is 0 Å². The molecule has 0 atom stereocenters. The van der Waals surface area contributed by atoms with E-state index in [0.29, 0.717) is 11.4 Å². The van der Waals surface area contributed by atoms with Crippen molar-refractivity contribution in [2.75, 3.05) is 7.11 Å². The first kappa shape index (κ1) is 10.2. The molecule has 6 nitrogen and oxygen atoms in total. The van der Waals surface area contributed by atoms with Gasteiger partial charge in [-0.2, -0.15) is 0 Å². The van der Waals surface area contributed by atoms with Crippen molar-refractivity contribution < 1.29 is 9.53 Å². The first-order chi connectivity index (χ1) is 7.81. The number of aromatic nitrogens is 4. The normalized spacial score (nSPS) is 9.81. The van der Waals surface area contributed by atoms with Crippen LogP contribution in [0.2, 0.25) is 0 Å². The van der Waals surface area contributed by atoms with E-state index in [0.717, 1.165) is 5.56 Å². The highest BCUT2D eigenvalue weighted by atomic mass is 16.5. The second-order valence-corrected chi connectivity index (χ2v) is 2.94. The molecule has 16 heavy (non-hydrogen) atoms. The third kappa shape index (κ3) is 2.00. The number of ether oxygens (including phenoxy) is 1. The predicted molar refractivity (Wildman–Crippen MR) is 54.4 cm³/mol. The highest BCUT2D eigenvalue weighted by Crippen LogP contribution is 2.13. The van der Waals surface area contributed by atoms with Gasteiger partial charge in [-0.25, -0.2) is 4.79 Å². The van der Waals surface area contributed by atoms with Crippen LogP contribution in [-0.2, 0) is 4.74 Å². The van der Waals surface area contributed by atoms with Crippen LogP contribution in [0.5, 0.6) is 0 Å². The minimum Gasteiger partial charge on any atom is -0.465 e. The molecule has 6 heteroatoms. The van der Waals surface area contributed by atoms with Gasteiger partial charge in [-0.15, -0.1) is 20.4 Å². The van der Waals surface area contributed by atoms with E-state index in [4.69, 9.17) is 0 Å². The summed E-state index contributed by atoms with van der Waals surface area (Å²) in [6, 6.07) is 6.70. The smallest absolute Gasteiger partial charge is 0.337 e. The van der Waals surface area contributed by atoms with Gasteiger partial charge in [-0.1, -0.05) is 12.1 Å². The van der Waals surface area contributed by atoms with Gasteiger partial charge in [0, 0.05) is 5.56 Å². The molecule has 1 heterocycles. The van der Waals surface area contributed by atoms with Crippen LogP contribution < -0.4 is 0 Å². The van der Waals surface area contributed by atoms with E-state index >= 15 is 0 Å². The second kappa shape index (κ2) is 4.43. The van der Waals surface area contributed by atoms with Gasteiger partial charge in [0.1, 0.15) is 0 Å². The molecule has 2 aromatic rings. The van der Waals surface area contributed by atoms with E-state index in [1.807, 2.05) is 0 Å². The zero-order valence-electron chi connectivity index (χ0n) is 8.49. The molecule has 0 fully saturated rings. The molecule has 0 saturated carbocycles.